The first-order valence-corrected chi connectivity index (χ1v) is 10.2. The second kappa shape index (κ2) is 8.75. The number of halogens is 1. The van der Waals surface area contributed by atoms with Crippen LogP contribution in [0.25, 0.3) is 10.2 Å². The second-order valence-electron chi connectivity index (χ2n) is 6.69. The lowest BCUT2D eigenvalue weighted by Gasteiger charge is -2.23. The van der Waals surface area contributed by atoms with Crippen molar-refractivity contribution in [2.24, 2.45) is 0 Å². The first-order chi connectivity index (χ1) is 14.1. The average molecular weight is 416 g/mol. The van der Waals surface area contributed by atoms with Gasteiger partial charge in [-0.1, -0.05) is 23.5 Å². The van der Waals surface area contributed by atoms with Crippen LogP contribution in [0.4, 0.5) is 9.52 Å². The molecule has 152 valence electrons. The normalized spacial score (nSPS) is 16.1. The van der Waals surface area contributed by atoms with E-state index in [-0.39, 0.29) is 24.4 Å². The number of para-hydroxylation sites is 1. The van der Waals surface area contributed by atoms with E-state index in [1.807, 2.05) is 18.2 Å². The third kappa shape index (κ3) is 4.49. The van der Waals surface area contributed by atoms with E-state index in [1.165, 1.54) is 23.5 Å². The number of nitrogens with zero attached hydrogens (tertiary/aromatic N) is 2. The number of ether oxygens (including phenoxy) is 3. The molecule has 1 aliphatic heterocycles. The lowest BCUT2D eigenvalue weighted by atomic mass is 10.2. The molecule has 1 aromatic heterocycles. The van der Waals surface area contributed by atoms with E-state index in [4.69, 9.17) is 14.2 Å². The summed E-state index contributed by atoms with van der Waals surface area (Å²) in [5.74, 6) is -0.0472. The van der Waals surface area contributed by atoms with Crippen molar-refractivity contribution in [1.82, 2.24) is 4.98 Å². The van der Waals surface area contributed by atoms with Gasteiger partial charge in [-0.2, -0.15) is 0 Å². The highest BCUT2D eigenvalue weighted by atomic mass is 32.1. The van der Waals surface area contributed by atoms with Crippen molar-refractivity contribution < 1.29 is 23.4 Å². The predicted molar refractivity (Wildman–Crippen MR) is 109 cm³/mol. The van der Waals surface area contributed by atoms with Crippen LogP contribution in [0.1, 0.15) is 12.8 Å². The lowest BCUT2D eigenvalue weighted by molar-refractivity contribution is -0.121. The molecule has 0 radical (unpaired) electrons. The number of fused-ring (bicyclic) bond motifs is 1. The van der Waals surface area contributed by atoms with Gasteiger partial charge in [-0.25, -0.2) is 9.37 Å². The molecule has 0 saturated carbocycles. The number of hydrogen-bond acceptors (Lipinski definition) is 6. The minimum absolute atomic E-state index is 0.0473. The van der Waals surface area contributed by atoms with Crippen molar-refractivity contribution in [2.45, 2.75) is 18.9 Å². The third-order valence-corrected chi connectivity index (χ3v) is 5.77. The molecule has 1 amide bonds. The molecule has 0 spiro atoms. The number of amides is 1. The Morgan fingerprint density at radius 2 is 2.21 bits per heavy atom. The quantitative estimate of drug-likeness (QED) is 0.582. The van der Waals surface area contributed by atoms with Crippen LogP contribution < -0.4 is 14.4 Å². The van der Waals surface area contributed by atoms with Crippen molar-refractivity contribution in [3.8, 4) is 11.5 Å². The minimum atomic E-state index is -0.502. The van der Waals surface area contributed by atoms with E-state index in [0.717, 1.165) is 23.1 Å². The van der Waals surface area contributed by atoms with Gasteiger partial charge in [0.2, 0.25) is 0 Å². The Labute approximate surface area is 171 Å². The fourth-order valence-corrected chi connectivity index (χ4v) is 4.17. The van der Waals surface area contributed by atoms with Crippen LogP contribution in [0.3, 0.4) is 0 Å². The van der Waals surface area contributed by atoms with Gasteiger partial charge < -0.3 is 14.2 Å². The lowest BCUT2D eigenvalue weighted by Crippen LogP contribution is -2.40. The largest absolute Gasteiger partial charge is 0.497 e. The summed E-state index contributed by atoms with van der Waals surface area (Å²) in [4.78, 5) is 19.2. The number of methoxy groups -OCH3 is 1. The Morgan fingerprint density at radius 3 is 2.97 bits per heavy atom. The molecule has 2 aromatic carbocycles. The van der Waals surface area contributed by atoms with Crippen LogP contribution in [0.15, 0.2) is 42.5 Å². The number of carbonyl (C=O) groups excluding carboxylic acids is 1. The second-order valence-corrected chi connectivity index (χ2v) is 7.70. The molecule has 4 rings (SSSR count). The number of benzene rings is 2. The Morgan fingerprint density at radius 1 is 1.34 bits per heavy atom. The number of anilines is 1. The van der Waals surface area contributed by atoms with E-state index < -0.39 is 5.82 Å². The zero-order chi connectivity index (χ0) is 20.2. The fourth-order valence-electron chi connectivity index (χ4n) is 3.20. The van der Waals surface area contributed by atoms with Gasteiger partial charge in [0.05, 0.1) is 30.0 Å². The molecule has 6 nitrogen and oxygen atoms in total. The van der Waals surface area contributed by atoms with Crippen LogP contribution >= 0.6 is 11.3 Å². The molecule has 0 aliphatic carbocycles. The van der Waals surface area contributed by atoms with Crippen molar-refractivity contribution in [3.63, 3.8) is 0 Å². The molecule has 1 unspecified atom stereocenters. The Balaban J connectivity index is 1.57. The summed E-state index contributed by atoms with van der Waals surface area (Å²) in [5, 5.41) is 0.561. The fraction of sp³-hybridized carbons (Fsp3) is 0.333. The van der Waals surface area contributed by atoms with Crippen LogP contribution in [0.2, 0.25) is 0 Å². The topological polar surface area (TPSA) is 60.9 Å². The molecule has 8 heteroatoms. The number of aromatic nitrogens is 1. The molecule has 29 heavy (non-hydrogen) atoms. The molecule has 2 heterocycles. The van der Waals surface area contributed by atoms with E-state index in [1.54, 1.807) is 24.1 Å². The average Bonchev–Trinajstić information content (AvgIpc) is 3.40. The summed E-state index contributed by atoms with van der Waals surface area (Å²) >= 11 is 1.41. The van der Waals surface area contributed by atoms with Gasteiger partial charge in [0, 0.05) is 12.7 Å². The number of carbonyl (C=O) groups is 1. The monoisotopic (exact) mass is 416 g/mol. The molecular formula is C21H21FN2O4S. The van der Waals surface area contributed by atoms with E-state index in [0.29, 0.717) is 24.0 Å². The molecule has 0 N–H and O–H groups in total. The molecule has 1 atom stereocenters. The summed E-state index contributed by atoms with van der Waals surface area (Å²) in [6, 6.07) is 11.6. The van der Waals surface area contributed by atoms with Crippen molar-refractivity contribution in [2.75, 3.05) is 31.8 Å². The highest BCUT2D eigenvalue weighted by Crippen LogP contribution is 2.32. The maximum absolute atomic E-state index is 13.8. The highest BCUT2D eigenvalue weighted by Gasteiger charge is 2.26. The molecule has 0 bridgehead atoms. The van der Waals surface area contributed by atoms with Crippen LogP contribution in [0.5, 0.6) is 11.5 Å². The Kier molecular flexibility index (Phi) is 5.92. The van der Waals surface area contributed by atoms with Crippen LogP contribution in [-0.2, 0) is 9.53 Å². The molecule has 1 fully saturated rings. The smallest absolute Gasteiger partial charge is 0.266 e. The summed E-state index contributed by atoms with van der Waals surface area (Å²) < 4.78 is 31.1. The molecule has 1 saturated heterocycles. The first kappa shape index (κ1) is 19.6. The summed E-state index contributed by atoms with van der Waals surface area (Å²) in [5.41, 5.74) is 0.754. The number of rotatable bonds is 7. The molecular weight excluding hydrogens is 395 g/mol. The van der Waals surface area contributed by atoms with Gasteiger partial charge in [0.15, 0.2) is 23.3 Å². The molecule has 3 aromatic rings. The van der Waals surface area contributed by atoms with Gasteiger partial charge in [0.1, 0.15) is 5.75 Å². The number of hydrogen-bond donors (Lipinski definition) is 0. The zero-order valence-electron chi connectivity index (χ0n) is 16.0. The SMILES string of the molecule is COc1ccc2sc(N(CC3CCCO3)C(=O)COc3ccccc3F)nc2c1. The maximum Gasteiger partial charge on any atom is 0.266 e. The van der Waals surface area contributed by atoms with E-state index in [9.17, 15) is 9.18 Å². The van der Waals surface area contributed by atoms with E-state index >= 15 is 0 Å². The number of thiazole rings is 1. The van der Waals surface area contributed by atoms with Gasteiger partial charge in [-0.3, -0.25) is 9.69 Å². The predicted octanol–water partition coefficient (Wildman–Crippen LogP) is 4.04. The van der Waals surface area contributed by atoms with Gasteiger partial charge >= 0.3 is 0 Å². The Bertz CT molecular complexity index is 1000. The summed E-state index contributed by atoms with van der Waals surface area (Å²) in [7, 11) is 1.60. The van der Waals surface area contributed by atoms with Gasteiger partial charge in [-0.15, -0.1) is 0 Å². The highest BCUT2D eigenvalue weighted by molar-refractivity contribution is 7.22. The standard InChI is InChI=1S/C21H21FN2O4S/c1-26-14-8-9-19-17(11-14)23-21(29-19)24(12-15-5-4-10-27-15)20(25)13-28-18-7-3-2-6-16(18)22/h2-3,6-9,11,15H,4-5,10,12-13H2,1H3. The van der Waals surface area contributed by atoms with Crippen LogP contribution in [-0.4, -0.2) is 43.9 Å². The van der Waals surface area contributed by atoms with Crippen LogP contribution in [0, 0.1) is 5.82 Å². The summed E-state index contributed by atoms with van der Waals surface area (Å²) in [6.45, 7) is 0.790. The van der Waals surface area contributed by atoms with Gasteiger partial charge in [-0.05, 0) is 37.1 Å². The van der Waals surface area contributed by atoms with E-state index in [2.05, 4.69) is 4.98 Å². The van der Waals surface area contributed by atoms with Crippen molar-refractivity contribution >= 4 is 32.6 Å². The third-order valence-electron chi connectivity index (χ3n) is 4.71. The summed E-state index contributed by atoms with van der Waals surface area (Å²) in [6.07, 6.45) is 1.81. The Hall–Kier alpha value is -2.71. The maximum atomic E-state index is 13.8. The van der Waals surface area contributed by atoms with Gasteiger partial charge in [0.25, 0.3) is 5.91 Å². The molecule has 1 aliphatic rings. The van der Waals surface area contributed by atoms with Crippen molar-refractivity contribution in [3.05, 3.63) is 48.3 Å². The zero-order valence-corrected chi connectivity index (χ0v) is 16.8. The minimum Gasteiger partial charge on any atom is -0.497 e. The first-order valence-electron chi connectivity index (χ1n) is 9.38. The van der Waals surface area contributed by atoms with Crippen molar-refractivity contribution in [1.29, 1.82) is 0 Å².